The van der Waals surface area contributed by atoms with Crippen molar-refractivity contribution in [3.05, 3.63) is 72.9 Å². The average Bonchev–Trinajstić information content (AvgIpc) is 3.51. The van der Waals surface area contributed by atoms with Crippen molar-refractivity contribution in [1.82, 2.24) is 19.5 Å². The van der Waals surface area contributed by atoms with E-state index in [-0.39, 0.29) is 10.8 Å². The van der Waals surface area contributed by atoms with Gasteiger partial charge in [-0.05, 0) is 30.3 Å². The molecular weight excluding hydrogens is 414 g/mol. The van der Waals surface area contributed by atoms with Gasteiger partial charge in [0.05, 0.1) is 0 Å². The maximum atomic E-state index is 13.1. The lowest BCUT2D eigenvalue weighted by atomic mass is 10.2. The SMILES string of the molecule is O=S(=O)(c1c[nH]c(-c2nnc(-c3ccccc3)o2)c1)N1CCN(c2ccccc2)CC1. The van der Waals surface area contributed by atoms with Crippen LogP contribution in [0.1, 0.15) is 0 Å². The van der Waals surface area contributed by atoms with Gasteiger partial charge in [0.25, 0.3) is 5.89 Å². The summed E-state index contributed by atoms with van der Waals surface area (Å²) in [6, 6.07) is 21.0. The molecule has 2 aromatic carbocycles. The van der Waals surface area contributed by atoms with Crippen molar-refractivity contribution in [2.45, 2.75) is 4.90 Å². The number of piperazine rings is 1. The quantitative estimate of drug-likeness (QED) is 0.517. The Balaban J connectivity index is 1.31. The third-order valence-corrected chi connectivity index (χ3v) is 7.21. The van der Waals surface area contributed by atoms with Crippen molar-refractivity contribution >= 4 is 15.7 Å². The molecule has 5 rings (SSSR count). The highest BCUT2D eigenvalue weighted by Gasteiger charge is 2.30. The Hall–Kier alpha value is -3.43. The van der Waals surface area contributed by atoms with E-state index in [9.17, 15) is 8.42 Å². The Morgan fingerprint density at radius 2 is 1.48 bits per heavy atom. The first-order valence-corrected chi connectivity index (χ1v) is 11.4. The third kappa shape index (κ3) is 3.85. The standard InChI is InChI=1S/C22H21N5O3S/c28-31(29,27-13-11-26(12-14-27)18-9-5-2-6-10-18)19-15-20(23-16-19)22-25-24-21(30-22)17-7-3-1-4-8-17/h1-10,15-16,23H,11-14H2. The molecule has 158 valence electrons. The fraction of sp³-hybridized carbons (Fsp3) is 0.182. The van der Waals surface area contributed by atoms with Crippen LogP contribution < -0.4 is 4.90 Å². The second-order valence-electron chi connectivity index (χ2n) is 7.25. The molecule has 3 heterocycles. The van der Waals surface area contributed by atoms with E-state index in [4.69, 9.17) is 4.42 Å². The summed E-state index contributed by atoms with van der Waals surface area (Å²) in [4.78, 5) is 5.34. The van der Waals surface area contributed by atoms with Crippen LogP contribution in [0.5, 0.6) is 0 Å². The molecule has 0 aliphatic carbocycles. The first-order chi connectivity index (χ1) is 15.1. The number of aromatic nitrogens is 3. The lowest BCUT2D eigenvalue weighted by molar-refractivity contribution is 0.385. The summed E-state index contributed by atoms with van der Waals surface area (Å²) < 4.78 is 33.5. The number of hydrogen-bond donors (Lipinski definition) is 1. The van der Waals surface area contributed by atoms with Gasteiger partial charge in [-0.2, -0.15) is 4.31 Å². The number of sulfonamides is 1. The fourth-order valence-electron chi connectivity index (χ4n) is 3.65. The summed E-state index contributed by atoms with van der Waals surface area (Å²) in [5.41, 5.74) is 2.38. The van der Waals surface area contributed by atoms with Gasteiger partial charge in [-0.3, -0.25) is 0 Å². The maximum absolute atomic E-state index is 13.1. The lowest BCUT2D eigenvalue weighted by Crippen LogP contribution is -2.48. The number of benzene rings is 2. The van der Waals surface area contributed by atoms with Crippen LogP contribution in [-0.4, -0.2) is 54.1 Å². The zero-order valence-corrected chi connectivity index (χ0v) is 17.5. The molecule has 8 nitrogen and oxygen atoms in total. The van der Waals surface area contributed by atoms with Gasteiger partial charge in [0.1, 0.15) is 10.6 Å². The Bertz CT molecular complexity index is 1260. The molecule has 0 radical (unpaired) electrons. The van der Waals surface area contributed by atoms with Gasteiger partial charge in [-0.15, -0.1) is 10.2 Å². The van der Waals surface area contributed by atoms with Crippen LogP contribution in [0, 0.1) is 0 Å². The van der Waals surface area contributed by atoms with Crippen molar-refractivity contribution in [1.29, 1.82) is 0 Å². The van der Waals surface area contributed by atoms with Crippen LogP contribution in [0.3, 0.4) is 0 Å². The Morgan fingerprint density at radius 1 is 0.839 bits per heavy atom. The molecule has 2 aromatic heterocycles. The highest BCUT2D eigenvalue weighted by Crippen LogP contribution is 2.27. The molecule has 0 spiro atoms. The van der Waals surface area contributed by atoms with Crippen molar-refractivity contribution in [3.63, 3.8) is 0 Å². The van der Waals surface area contributed by atoms with E-state index in [0.717, 1.165) is 11.3 Å². The molecule has 1 aliphatic rings. The molecule has 1 aliphatic heterocycles. The molecule has 0 atom stereocenters. The summed E-state index contributed by atoms with van der Waals surface area (Å²) in [6.45, 7) is 2.14. The van der Waals surface area contributed by atoms with E-state index < -0.39 is 10.0 Å². The second kappa shape index (κ2) is 8.01. The molecule has 1 fully saturated rings. The van der Waals surface area contributed by atoms with Crippen LogP contribution in [0.4, 0.5) is 5.69 Å². The number of para-hydroxylation sites is 1. The largest absolute Gasteiger partial charge is 0.415 e. The summed E-state index contributed by atoms with van der Waals surface area (Å²) in [5, 5.41) is 8.11. The predicted octanol–water partition coefficient (Wildman–Crippen LogP) is 3.24. The molecule has 0 amide bonds. The van der Waals surface area contributed by atoms with Crippen LogP contribution in [0.15, 0.2) is 82.2 Å². The van der Waals surface area contributed by atoms with Gasteiger partial charge in [-0.1, -0.05) is 36.4 Å². The van der Waals surface area contributed by atoms with Crippen LogP contribution in [0.25, 0.3) is 23.0 Å². The number of anilines is 1. The number of hydrogen-bond acceptors (Lipinski definition) is 6. The predicted molar refractivity (Wildman–Crippen MR) is 117 cm³/mol. The van der Waals surface area contributed by atoms with E-state index in [0.29, 0.717) is 37.8 Å². The number of rotatable bonds is 5. The van der Waals surface area contributed by atoms with Crippen LogP contribution in [0.2, 0.25) is 0 Å². The Kier molecular flexibility index (Phi) is 5.05. The van der Waals surface area contributed by atoms with Gasteiger partial charge in [0.15, 0.2) is 0 Å². The summed E-state index contributed by atoms with van der Waals surface area (Å²) in [5.74, 6) is 0.626. The third-order valence-electron chi connectivity index (χ3n) is 5.33. The monoisotopic (exact) mass is 435 g/mol. The summed E-state index contributed by atoms with van der Waals surface area (Å²) >= 11 is 0. The Labute approximate surface area is 180 Å². The Morgan fingerprint density at radius 3 is 2.19 bits per heavy atom. The fourth-order valence-corrected chi connectivity index (χ4v) is 5.07. The topological polar surface area (TPSA) is 95.3 Å². The highest BCUT2D eigenvalue weighted by molar-refractivity contribution is 7.89. The summed E-state index contributed by atoms with van der Waals surface area (Å²) in [6.07, 6.45) is 1.47. The van der Waals surface area contributed by atoms with E-state index in [1.807, 2.05) is 60.7 Å². The van der Waals surface area contributed by atoms with Crippen LogP contribution >= 0.6 is 0 Å². The zero-order chi connectivity index (χ0) is 21.3. The number of aromatic amines is 1. The van der Waals surface area contributed by atoms with Crippen molar-refractivity contribution < 1.29 is 12.8 Å². The van der Waals surface area contributed by atoms with Crippen molar-refractivity contribution in [2.75, 3.05) is 31.1 Å². The van der Waals surface area contributed by atoms with E-state index in [2.05, 4.69) is 20.1 Å². The lowest BCUT2D eigenvalue weighted by Gasteiger charge is -2.35. The number of H-pyrrole nitrogens is 1. The molecule has 1 saturated heterocycles. The van der Waals surface area contributed by atoms with Crippen molar-refractivity contribution in [2.24, 2.45) is 0 Å². The first-order valence-electron chi connectivity index (χ1n) is 9.99. The molecule has 31 heavy (non-hydrogen) atoms. The smallest absolute Gasteiger partial charge is 0.264 e. The van der Waals surface area contributed by atoms with Gasteiger partial charge in [0.2, 0.25) is 15.9 Å². The molecule has 0 saturated carbocycles. The molecule has 9 heteroatoms. The minimum atomic E-state index is -3.61. The zero-order valence-electron chi connectivity index (χ0n) is 16.7. The maximum Gasteiger partial charge on any atom is 0.264 e. The van der Waals surface area contributed by atoms with Gasteiger partial charge >= 0.3 is 0 Å². The van der Waals surface area contributed by atoms with E-state index >= 15 is 0 Å². The van der Waals surface area contributed by atoms with Crippen molar-refractivity contribution in [3.8, 4) is 23.0 Å². The minimum absolute atomic E-state index is 0.190. The van der Waals surface area contributed by atoms with E-state index in [1.165, 1.54) is 10.5 Å². The summed E-state index contributed by atoms with van der Waals surface area (Å²) in [7, 11) is -3.61. The molecule has 0 unspecified atom stereocenters. The van der Waals surface area contributed by atoms with Crippen LogP contribution in [-0.2, 0) is 10.0 Å². The average molecular weight is 436 g/mol. The van der Waals surface area contributed by atoms with E-state index in [1.54, 1.807) is 6.07 Å². The first kappa shape index (κ1) is 19.5. The minimum Gasteiger partial charge on any atom is -0.415 e. The van der Waals surface area contributed by atoms with Gasteiger partial charge < -0.3 is 14.3 Å². The molecule has 0 bridgehead atoms. The number of nitrogens with zero attached hydrogens (tertiary/aromatic N) is 4. The van der Waals surface area contributed by atoms with Gasteiger partial charge in [-0.25, -0.2) is 8.42 Å². The second-order valence-corrected chi connectivity index (χ2v) is 9.19. The highest BCUT2D eigenvalue weighted by atomic mass is 32.2. The number of nitrogens with one attached hydrogen (secondary N) is 1. The van der Waals surface area contributed by atoms with Gasteiger partial charge in [0, 0.05) is 43.6 Å². The molecular formula is C22H21N5O3S. The normalized spacial score (nSPS) is 15.3. The molecule has 4 aromatic rings. The molecule has 1 N–H and O–H groups in total.